The molecule has 1 aromatic carbocycles. The van der Waals surface area contributed by atoms with Gasteiger partial charge in [0.15, 0.2) is 6.61 Å². The zero-order chi connectivity index (χ0) is 24.1. The molecule has 174 valence electrons. The number of anilines is 2. The summed E-state index contributed by atoms with van der Waals surface area (Å²) in [5, 5.41) is 8.03. The maximum Gasteiger partial charge on any atom is 0.348 e. The number of nitrogens with one attached hydrogen (secondary N) is 3. The third-order valence-corrected chi connectivity index (χ3v) is 5.75. The van der Waals surface area contributed by atoms with E-state index in [0.29, 0.717) is 21.9 Å². The van der Waals surface area contributed by atoms with Crippen LogP contribution in [0.1, 0.15) is 30.6 Å². The largest absolute Gasteiger partial charge is 0.482 e. The lowest BCUT2D eigenvalue weighted by Gasteiger charge is -2.18. The summed E-state index contributed by atoms with van der Waals surface area (Å²) in [5.74, 6) is -0.808. The summed E-state index contributed by atoms with van der Waals surface area (Å²) >= 11 is 1.21. The Morgan fingerprint density at radius 1 is 1.18 bits per heavy atom. The van der Waals surface area contributed by atoms with E-state index in [1.165, 1.54) is 30.8 Å². The van der Waals surface area contributed by atoms with Crippen LogP contribution in [0.2, 0.25) is 0 Å². The lowest BCUT2D eigenvalue weighted by Crippen LogP contribution is -2.25. The van der Waals surface area contributed by atoms with E-state index in [9.17, 15) is 19.2 Å². The number of aromatic nitrogens is 2. The quantitative estimate of drug-likeness (QED) is 0.432. The first kappa shape index (κ1) is 22.9. The zero-order valence-electron chi connectivity index (χ0n) is 17.9. The number of nitrogens with zero attached hydrogens (tertiary/aromatic N) is 2. The highest BCUT2D eigenvalue weighted by molar-refractivity contribution is 7.13. The zero-order valence-corrected chi connectivity index (χ0v) is 18.7. The van der Waals surface area contributed by atoms with Crippen molar-refractivity contribution in [2.24, 2.45) is 0 Å². The number of fused-ring (bicyclic) bond motifs is 1. The monoisotopic (exact) mass is 481 g/mol. The molecular weight excluding hydrogens is 462 g/mol. The molecule has 2 aromatic heterocycles. The normalized spacial score (nSPS) is 12.1. The lowest BCUT2D eigenvalue weighted by molar-refractivity contribution is -0.118. The summed E-state index contributed by atoms with van der Waals surface area (Å²) < 4.78 is 9.97. The van der Waals surface area contributed by atoms with E-state index in [1.807, 2.05) is 0 Å². The van der Waals surface area contributed by atoms with Crippen LogP contribution in [0, 0.1) is 0 Å². The van der Waals surface area contributed by atoms with Crippen molar-refractivity contribution in [1.29, 1.82) is 0 Å². The Morgan fingerprint density at radius 2 is 2.03 bits per heavy atom. The summed E-state index contributed by atoms with van der Waals surface area (Å²) in [4.78, 5) is 57.1. The Kier molecular flexibility index (Phi) is 6.78. The number of methoxy groups -OCH3 is 1. The molecule has 34 heavy (non-hydrogen) atoms. The highest BCUT2D eigenvalue weighted by atomic mass is 32.1. The van der Waals surface area contributed by atoms with Crippen molar-refractivity contribution in [3.63, 3.8) is 0 Å². The predicted octanol–water partition coefficient (Wildman–Crippen LogP) is 1.77. The molecule has 3 N–H and O–H groups in total. The first-order valence-electron chi connectivity index (χ1n) is 10.0. The maximum absolute atomic E-state index is 12.5. The number of hydrogen-bond donors (Lipinski definition) is 3. The second kappa shape index (κ2) is 10.1. The van der Waals surface area contributed by atoms with Crippen molar-refractivity contribution in [1.82, 2.24) is 15.3 Å². The molecule has 0 radical (unpaired) electrons. The Morgan fingerprint density at radius 3 is 2.85 bits per heavy atom. The Hall–Kier alpha value is -4.32. The van der Waals surface area contributed by atoms with Crippen molar-refractivity contribution >= 4 is 46.5 Å². The predicted molar refractivity (Wildman–Crippen MR) is 122 cm³/mol. The van der Waals surface area contributed by atoms with Crippen LogP contribution in [0.15, 0.2) is 42.7 Å². The van der Waals surface area contributed by atoms with Crippen LogP contribution in [0.25, 0.3) is 0 Å². The molecule has 3 aromatic rings. The molecule has 0 spiro atoms. The van der Waals surface area contributed by atoms with E-state index in [-0.39, 0.29) is 42.9 Å². The number of amides is 3. The van der Waals surface area contributed by atoms with Crippen LogP contribution in [0.4, 0.5) is 11.5 Å². The summed E-state index contributed by atoms with van der Waals surface area (Å²) in [7, 11) is 1.30. The standard InChI is InChI=1S/C22H19N5O6S/c1-32-22(31)17-5-3-13(34-17)9-23-21(30)15-8-18(25-11-24-15)27-19(28)7-12-2-4-16-14(6-12)26-20(29)10-33-16/h2-6,8,11H,7,9-10H2,1H3,(H,23,30)(H,26,29)(H,24,25,27,28). The SMILES string of the molecule is COC(=O)c1ccc(CNC(=O)c2cc(NC(=O)Cc3ccc4c(c3)NC(=O)CO4)ncn2)s1. The number of benzene rings is 1. The number of carbonyl (C=O) groups is 4. The average Bonchev–Trinajstić information content (AvgIpc) is 3.31. The Labute approximate surface area is 197 Å². The fourth-order valence-corrected chi connectivity index (χ4v) is 3.97. The fraction of sp³-hybridized carbons (Fsp3) is 0.182. The third kappa shape index (κ3) is 5.53. The second-order valence-corrected chi connectivity index (χ2v) is 8.29. The minimum absolute atomic E-state index is 0.0234. The van der Waals surface area contributed by atoms with Gasteiger partial charge in [0.05, 0.1) is 25.8 Å². The molecule has 0 saturated heterocycles. The fourth-order valence-electron chi connectivity index (χ4n) is 3.10. The van der Waals surface area contributed by atoms with Gasteiger partial charge in [-0.15, -0.1) is 11.3 Å². The molecule has 3 amide bonds. The summed E-state index contributed by atoms with van der Waals surface area (Å²) in [6.45, 7) is 0.156. The molecule has 1 aliphatic heterocycles. The van der Waals surface area contributed by atoms with Gasteiger partial charge in [0.2, 0.25) is 5.91 Å². The van der Waals surface area contributed by atoms with Gasteiger partial charge in [-0.25, -0.2) is 14.8 Å². The minimum Gasteiger partial charge on any atom is -0.482 e. The molecule has 1 aliphatic rings. The Bertz CT molecular complexity index is 1270. The van der Waals surface area contributed by atoms with Gasteiger partial charge in [-0.3, -0.25) is 14.4 Å². The number of carbonyl (C=O) groups excluding carboxylic acids is 4. The van der Waals surface area contributed by atoms with Crippen LogP contribution in [-0.4, -0.2) is 47.4 Å². The van der Waals surface area contributed by atoms with E-state index < -0.39 is 11.9 Å². The van der Waals surface area contributed by atoms with E-state index >= 15 is 0 Å². The molecule has 0 bridgehead atoms. The van der Waals surface area contributed by atoms with Gasteiger partial charge in [-0.1, -0.05) is 6.07 Å². The van der Waals surface area contributed by atoms with Gasteiger partial charge < -0.3 is 25.4 Å². The van der Waals surface area contributed by atoms with E-state index in [2.05, 4.69) is 30.7 Å². The smallest absolute Gasteiger partial charge is 0.348 e. The Balaban J connectivity index is 1.34. The molecule has 12 heteroatoms. The highest BCUT2D eigenvalue weighted by Crippen LogP contribution is 2.28. The van der Waals surface area contributed by atoms with E-state index in [4.69, 9.17) is 4.74 Å². The number of hydrogen-bond acceptors (Lipinski definition) is 9. The topological polar surface area (TPSA) is 149 Å². The van der Waals surface area contributed by atoms with Gasteiger partial charge in [0.1, 0.15) is 28.5 Å². The van der Waals surface area contributed by atoms with Gasteiger partial charge >= 0.3 is 5.97 Å². The molecule has 0 saturated carbocycles. The maximum atomic E-state index is 12.5. The molecule has 0 unspecified atom stereocenters. The first-order chi connectivity index (χ1) is 16.4. The number of esters is 1. The van der Waals surface area contributed by atoms with Crippen LogP contribution in [-0.2, 0) is 27.3 Å². The van der Waals surface area contributed by atoms with Crippen LogP contribution in [0.3, 0.4) is 0 Å². The molecule has 0 fully saturated rings. The number of ether oxygens (including phenoxy) is 2. The first-order valence-corrected chi connectivity index (χ1v) is 10.9. The molecule has 11 nitrogen and oxygen atoms in total. The highest BCUT2D eigenvalue weighted by Gasteiger charge is 2.17. The van der Waals surface area contributed by atoms with Crippen LogP contribution >= 0.6 is 11.3 Å². The van der Waals surface area contributed by atoms with Gasteiger partial charge in [0.25, 0.3) is 11.8 Å². The molecule has 0 atom stereocenters. The molecule has 0 aliphatic carbocycles. The number of rotatable bonds is 7. The number of thiophene rings is 1. The minimum atomic E-state index is -0.462. The van der Waals surface area contributed by atoms with Gasteiger partial charge in [-0.2, -0.15) is 0 Å². The molecular formula is C22H19N5O6S. The second-order valence-electron chi connectivity index (χ2n) is 7.12. The van der Waals surface area contributed by atoms with Crippen molar-refractivity contribution in [3.8, 4) is 5.75 Å². The molecule has 3 heterocycles. The van der Waals surface area contributed by atoms with Crippen LogP contribution in [0.5, 0.6) is 5.75 Å². The van der Waals surface area contributed by atoms with Crippen molar-refractivity contribution < 1.29 is 28.7 Å². The summed E-state index contributed by atoms with van der Waals surface area (Å²) in [5.41, 5.74) is 1.24. The van der Waals surface area contributed by atoms with E-state index in [1.54, 1.807) is 30.3 Å². The van der Waals surface area contributed by atoms with Gasteiger partial charge in [0, 0.05) is 10.9 Å². The van der Waals surface area contributed by atoms with Crippen molar-refractivity contribution in [3.05, 3.63) is 63.7 Å². The van der Waals surface area contributed by atoms with Crippen molar-refractivity contribution in [2.45, 2.75) is 13.0 Å². The average molecular weight is 481 g/mol. The molecule has 4 rings (SSSR count). The van der Waals surface area contributed by atoms with Gasteiger partial charge in [-0.05, 0) is 29.8 Å². The van der Waals surface area contributed by atoms with Crippen LogP contribution < -0.4 is 20.7 Å². The lowest BCUT2D eigenvalue weighted by atomic mass is 10.1. The third-order valence-electron chi connectivity index (χ3n) is 4.68. The summed E-state index contributed by atoms with van der Waals surface area (Å²) in [6.07, 6.45) is 1.20. The van der Waals surface area contributed by atoms with Crippen molar-refractivity contribution in [2.75, 3.05) is 24.4 Å². The van der Waals surface area contributed by atoms with E-state index in [0.717, 1.165) is 4.88 Å². The summed E-state index contributed by atoms with van der Waals surface area (Å²) in [6, 6.07) is 9.79.